The highest BCUT2D eigenvalue weighted by Gasteiger charge is 2.09. The van der Waals surface area contributed by atoms with Crippen molar-refractivity contribution in [3.05, 3.63) is 0 Å². The van der Waals surface area contributed by atoms with Crippen molar-refractivity contribution in [2.45, 2.75) is 83.3 Å². The molecule has 0 unspecified atom stereocenters. The van der Waals surface area contributed by atoms with Gasteiger partial charge in [-0.3, -0.25) is 4.79 Å². The fraction of sp³-hybridized carbons (Fsp3) is 0.941. The lowest BCUT2D eigenvalue weighted by Gasteiger charge is -2.13. The van der Waals surface area contributed by atoms with Gasteiger partial charge in [0, 0.05) is 5.25 Å². The zero-order chi connectivity index (χ0) is 15.1. The molecule has 1 atom stereocenters. The second kappa shape index (κ2) is 15.8. The van der Waals surface area contributed by atoms with Crippen molar-refractivity contribution < 1.29 is 4.79 Å². The number of ketones is 1. The summed E-state index contributed by atoms with van der Waals surface area (Å²) in [6.45, 7) is 4.52. The van der Waals surface area contributed by atoms with E-state index in [1.165, 1.54) is 64.2 Å². The number of unbranched alkanes of at least 4 members (excludes halogenated alkanes) is 7. The fourth-order valence-corrected chi connectivity index (χ4v) is 3.97. The van der Waals surface area contributed by atoms with Crippen LogP contribution in [0.2, 0.25) is 0 Å². The Morgan fingerprint density at radius 2 is 1.50 bits per heavy atom. The van der Waals surface area contributed by atoms with Gasteiger partial charge >= 0.3 is 0 Å². The lowest BCUT2D eigenvalue weighted by atomic mass is 10.1. The number of Topliss-reactive ketones (excluding diaryl/α,β-unsaturated/α-hetero) is 1. The molecule has 0 saturated carbocycles. The molecule has 1 nitrogen and oxygen atoms in total. The van der Waals surface area contributed by atoms with Gasteiger partial charge in [0.15, 0.2) is 5.78 Å². The van der Waals surface area contributed by atoms with E-state index in [0.717, 1.165) is 5.75 Å². The van der Waals surface area contributed by atoms with Crippen LogP contribution in [-0.4, -0.2) is 28.8 Å². The molecule has 120 valence electrons. The van der Waals surface area contributed by atoms with Crippen LogP contribution in [0.4, 0.5) is 0 Å². The van der Waals surface area contributed by atoms with E-state index in [1.807, 2.05) is 18.0 Å². The molecule has 0 spiro atoms. The third-order valence-corrected chi connectivity index (χ3v) is 5.76. The van der Waals surface area contributed by atoms with Crippen LogP contribution in [0.5, 0.6) is 0 Å². The van der Waals surface area contributed by atoms with Crippen molar-refractivity contribution in [1.82, 2.24) is 0 Å². The summed E-state index contributed by atoms with van der Waals surface area (Å²) in [5.74, 6) is 1.80. The standard InChI is InChI=1S/C17H34OS2/c1-4-6-7-8-9-10-11-12-13-17(5-2)20-15-16(18)14-19-3/h17H,4-15H2,1-3H3/t17-/m0/s1. The molecule has 0 N–H and O–H groups in total. The van der Waals surface area contributed by atoms with Gasteiger partial charge in [-0.15, -0.1) is 0 Å². The Kier molecular flexibility index (Phi) is 16.0. The molecule has 0 saturated heterocycles. The van der Waals surface area contributed by atoms with E-state index in [2.05, 4.69) is 13.8 Å². The summed E-state index contributed by atoms with van der Waals surface area (Å²) in [7, 11) is 0. The van der Waals surface area contributed by atoms with Crippen LogP contribution in [0.15, 0.2) is 0 Å². The van der Waals surface area contributed by atoms with E-state index in [-0.39, 0.29) is 0 Å². The van der Waals surface area contributed by atoms with E-state index >= 15 is 0 Å². The molecule has 0 aliphatic rings. The molecule has 0 aromatic carbocycles. The first-order valence-corrected chi connectivity index (χ1v) is 10.8. The first kappa shape index (κ1) is 20.4. The molecule has 0 aromatic rings. The average molecular weight is 319 g/mol. The lowest BCUT2D eigenvalue weighted by Crippen LogP contribution is -2.10. The number of hydrogen-bond donors (Lipinski definition) is 0. The zero-order valence-electron chi connectivity index (χ0n) is 13.8. The zero-order valence-corrected chi connectivity index (χ0v) is 15.4. The van der Waals surface area contributed by atoms with E-state index in [4.69, 9.17) is 0 Å². The highest BCUT2D eigenvalue weighted by atomic mass is 32.2. The maximum atomic E-state index is 11.5. The normalized spacial score (nSPS) is 12.6. The van der Waals surface area contributed by atoms with Crippen LogP contribution in [0.25, 0.3) is 0 Å². The predicted molar refractivity (Wildman–Crippen MR) is 97.2 cm³/mol. The maximum Gasteiger partial charge on any atom is 0.152 e. The Bertz CT molecular complexity index is 219. The van der Waals surface area contributed by atoms with Crippen LogP contribution in [0, 0.1) is 0 Å². The van der Waals surface area contributed by atoms with Gasteiger partial charge in [0.25, 0.3) is 0 Å². The van der Waals surface area contributed by atoms with Gasteiger partial charge in [0.1, 0.15) is 0 Å². The van der Waals surface area contributed by atoms with Gasteiger partial charge in [-0.1, -0.05) is 65.2 Å². The fourth-order valence-electron chi connectivity index (χ4n) is 2.32. The number of carbonyl (C=O) groups is 1. The van der Waals surface area contributed by atoms with Crippen LogP contribution in [-0.2, 0) is 4.79 Å². The molecule has 0 radical (unpaired) electrons. The molecule has 3 heteroatoms. The molecular formula is C17H34OS2. The van der Waals surface area contributed by atoms with Gasteiger partial charge in [0.05, 0.1) is 11.5 Å². The van der Waals surface area contributed by atoms with Crippen molar-refractivity contribution in [1.29, 1.82) is 0 Å². The summed E-state index contributed by atoms with van der Waals surface area (Å²) in [5, 5.41) is 0.695. The van der Waals surface area contributed by atoms with Crippen molar-refractivity contribution in [2.75, 3.05) is 17.8 Å². The van der Waals surface area contributed by atoms with Crippen LogP contribution < -0.4 is 0 Å². The first-order valence-electron chi connectivity index (χ1n) is 8.36. The SMILES string of the molecule is CCCCCCCCCC[C@H](CC)SCC(=O)CSC. The van der Waals surface area contributed by atoms with Gasteiger partial charge in [-0.2, -0.15) is 23.5 Å². The summed E-state index contributed by atoms with van der Waals surface area (Å²) >= 11 is 3.52. The average Bonchev–Trinajstić information content (AvgIpc) is 2.45. The Balaban J connectivity index is 3.43. The molecule has 0 bridgehead atoms. The Morgan fingerprint density at radius 1 is 0.900 bits per heavy atom. The number of thioether (sulfide) groups is 2. The molecule has 0 amide bonds. The minimum absolute atomic E-state index is 0.400. The van der Waals surface area contributed by atoms with Crippen molar-refractivity contribution in [2.24, 2.45) is 0 Å². The molecule has 0 fully saturated rings. The number of carbonyl (C=O) groups excluding carboxylic acids is 1. The first-order chi connectivity index (χ1) is 9.74. The molecule has 0 aromatic heterocycles. The summed E-state index contributed by atoms with van der Waals surface area (Å²) < 4.78 is 0. The Morgan fingerprint density at radius 3 is 2.05 bits per heavy atom. The van der Waals surface area contributed by atoms with Gasteiger partial charge in [-0.25, -0.2) is 0 Å². The van der Waals surface area contributed by atoms with Crippen molar-refractivity contribution in [3.8, 4) is 0 Å². The monoisotopic (exact) mass is 318 g/mol. The smallest absolute Gasteiger partial charge is 0.152 e. The highest BCUT2D eigenvalue weighted by molar-refractivity contribution is 8.01. The van der Waals surface area contributed by atoms with Gasteiger partial charge in [-0.05, 0) is 19.1 Å². The van der Waals surface area contributed by atoms with Gasteiger partial charge < -0.3 is 0 Å². The van der Waals surface area contributed by atoms with Gasteiger partial charge in [0.2, 0.25) is 0 Å². The second-order valence-electron chi connectivity index (χ2n) is 5.58. The summed E-state index contributed by atoms with van der Waals surface area (Å²) in [6, 6.07) is 0. The van der Waals surface area contributed by atoms with Crippen molar-refractivity contribution >= 4 is 29.3 Å². The molecular weight excluding hydrogens is 284 g/mol. The highest BCUT2D eigenvalue weighted by Crippen LogP contribution is 2.22. The number of rotatable bonds is 15. The molecule has 0 rings (SSSR count). The quantitative estimate of drug-likeness (QED) is 0.347. The van der Waals surface area contributed by atoms with Crippen LogP contribution in [0.1, 0.15) is 78.1 Å². The Hall–Kier alpha value is 0.370. The van der Waals surface area contributed by atoms with E-state index in [1.54, 1.807) is 11.8 Å². The lowest BCUT2D eigenvalue weighted by molar-refractivity contribution is -0.114. The van der Waals surface area contributed by atoms with E-state index < -0.39 is 0 Å². The second-order valence-corrected chi connectivity index (χ2v) is 7.73. The summed E-state index contributed by atoms with van der Waals surface area (Å²) in [4.78, 5) is 11.5. The minimum atomic E-state index is 0.400. The largest absolute Gasteiger partial charge is 0.298 e. The Labute approximate surface area is 135 Å². The molecule has 0 aliphatic heterocycles. The summed E-state index contributed by atoms with van der Waals surface area (Å²) in [6.07, 6.45) is 15.6. The van der Waals surface area contributed by atoms with E-state index in [0.29, 0.717) is 16.8 Å². The number of hydrogen-bond acceptors (Lipinski definition) is 3. The third kappa shape index (κ3) is 13.4. The minimum Gasteiger partial charge on any atom is -0.298 e. The predicted octanol–water partition coefficient (Wildman–Crippen LogP) is 5.96. The van der Waals surface area contributed by atoms with E-state index in [9.17, 15) is 4.79 Å². The maximum absolute atomic E-state index is 11.5. The molecule has 0 aliphatic carbocycles. The van der Waals surface area contributed by atoms with Crippen LogP contribution in [0.3, 0.4) is 0 Å². The summed E-state index contributed by atoms with van der Waals surface area (Å²) in [5.41, 5.74) is 0. The third-order valence-electron chi connectivity index (χ3n) is 3.62. The van der Waals surface area contributed by atoms with Crippen molar-refractivity contribution in [3.63, 3.8) is 0 Å². The molecule has 0 heterocycles. The molecule has 20 heavy (non-hydrogen) atoms. The van der Waals surface area contributed by atoms with Crippen LogP contribution >= 0.6 is 23.5 Å². The topological polar surface area (TPSA) is 17.1 Å².